The molecule has 1 aliphatic heterocycles. The third-order valence-corrected chi connectivity index (χ3v) is 6.30. The van der Waals surface area contributed by atoms with Gasteiger partial charge in [0.05, 0.1) is 0 Å². The molecular formula is C27H27ClFN4O2+. The number of nitrogens with one attached hydrogen (secondary N) is 2. The van der Waals surface area contributed by atoms with Crippen molar-refractivity contribution in [2.75, 3.05) is 18.0 Å². The van der Waals surface area contributed by atoms with Gasteiger partial charge in [0, 0.05) is 40.5 Å². The van der Waals surface area contributed by atoms with E-state index in [-0.39, 0.29) is 11.5 Å². The highest BCUT2D eigenvalue weighted by atomic mass is 35.5. The van der Waals surface area contributed by atoms with Gasteiger partial charge in [-0.1, -0.05) is 23.7 Å². The molecule has 0 aromatic heterocycles. The van der Waals surface area contributed by atoms with Gasteiger partial charge in [-0.05, 0) is 74.5 Å². The molecule has 1 fully saturated rings. The minimum Gasteiger partial charge on any atom is -0.372 e. The molecule has 0 bridgehead atoms. The number of hydrazone groups is 1. The van der Waals surface area contributed by atoms with Crippen molar-refractivity contribution >= 4 is 35.3 Å². The number of carbonyl (C=O) groups is 2. The second-order valence-corrected chi connectivity index (χ2v) is 8.67. The number of nitrogens with zero attached hydrogens (tertiary/aromatic N) is 2. The number of hydrogen-bond acceptors (Lipinski definition) is 3. The van der Waals surface area contributed by atoms with Gasteiger partial charge < -0.3 is 10.2 Å². The Balaban J connectivity index is 1.66. The number of anilines is 1. The van der Waals surface area contributed by atoms with Crippen molar-refractivity contribution in [1.29, 1.82) is 0 Å². The van der Waals surface area contributed by atoms with Crippen molar-refractivity contribution in [1.82, 2.24) is 10.7 Å². The standard InChI is InChI=1S/C27H26ClFN4O2/c1-3-32(4-2)23-15-5-18(6-16-23)17-33-25(19-7-11-21(28)12-8-19)24(27(35)31-33)30-26(34)20-9-13-22(29)14-10-20/h5-17,24-25H,3-4H2,1-2H3,(H-,30,31,34,35)/p+1/t24-,25+/m0/s1. The summed E-state index contributed by atoms with van der Waals surface area (Å²) >= 11 is 6.08. The monoisotopic (exact) mass is 493 g/mol. The summed E-state index contributed by atoms with van der Waals surface area (Å²) in [4.78, 5) is 28.1. The number of benzene rings is 3. The van der Waals surface area contributed by atoms with Crippen LogP contribution in [0.4, 0.5) is 10.1 Å². The zero-order valence-corrected chi connectivity index (χ0v) is 20.3. The van der Waals surface area contributed by atoms with E-state index in [4.69, 9.17) is 11.6 Å². The summed E-state index contributed by atoms with van der Waals surface area (Å²) in [5.74, 6) is -1.25. The van der Waals surface area contributed by atoms with Crippen molar-refractivity contribution in [3.8, 4) is 0 Å². The number of halogens is 2. The van der Waals surface area contributed by atoms with Crippen LogP contribution in [0.3, 0.4) is 0 Å². The highest BCUT2D eigenvalue weighted by Gasteiger charge is 2.47. The van der Waals surface area contributed by atoms with Gasteiger partial charge in [-0.15, -0.1) is 10.1 Å². The lowest BCUT2D eigenvalue weighted by Crippen LogP contribution is -2.42. The first-order valence-electron chi connectivity index (χ1n) is 11.5. The van der Waals surface area contributed by atoms with E-state index in [2.05, 4.69) is 29.5 Å². The Morgan fingerprint density at radius 2 is 1.66 bits per heavy atom. The van der Waals surface area contributed by atoms with Crippen molar-refractivity contribution in [2.45, 2.75) is 25.9 Å². The lowest BCUT2D eigenvalue weighted by atomic mass is 9.99. The fraction of sp³-hybridized carbons (Fsp3) is 0.222. The molecule has 8 heteroatoms. The van der Waals surface area contributed by atoms with Gasteiger partial charge in [0.2, 0.25) is 12.3 Å². The van der Waals surface area contributed by atoms with Gasteiger partial charge >= 0.3 is 5.91 Å². The predicted molar refractivity (Wildman–Crippen MR) is 135 cm³/mol. The largest absolute Gasteiger partial charge is 0.372 e. The highest BCUT2D eigenvalue weighted by molar-refractivity contribution is 6.30. The minimum atomic E-state index is -0.875. The number of hydrogen-bond donors (Lipinski definition) is 2. The zero-order valence-electron chi connectivity index (χ0n) is 19.5. The second kappa shape index (κ2) is 10.7. The molecule has 3 aromatic rings. The van der Waals surface area contributed by atoms with Crippen LogP contribution in [0.15, 0.2) is 72.8 Å². The van der Waals surface area contributed by atoms with E-state index in [0.29, 0.717) is 5.02 Å². The van der Waals surface area contributed by atoms with Gasteiger partial charge in [-0.25, -0.2) is 4.39 Å². The Morgan fingerprint density at radius 1 is 1.03 bits per heavy atom. The van der Waals surface area contributed by atoms with Crippen LogP contribution >= 0.6 is 11.6 Å². The Hall–Kier alpha value is -3.71. The Bertz CT molecular complexity index is 1220. The molecule has 2 amide bonds. The first kappa shape index (κ1) is 24.4. The van der Waals surface area contributed by atoms with E-state index in [1.165, 1.54) is 24.3 Å². The van der Waals surface area contributed by atoms with Crippen molar-refractivity contribution in [3.63, 3.8) is 0 Å². The van der Waals surface area contributed by atoms with E-state index in [0.717, 1.165) is 29.9 Å². The maximum atomic E-state index is 13.3. The summed E-state index contributed by atoms with van der Waals surface area (Å²) in [6, 6.07) is 19.0. The van der Waals surface area contributed by atoms with E-state index in [1.807, 2.05) is 42.6 Å². The molecule has 0 aliphatic carbocycles. The normalized spacial score (nSPS) is 18.4. The maximum absolute atomic E-state index is 13.3. The fourth-order valence-electron chi connectivity index (χ4n) is 4.19. The smallest absolute Gasteiger partial charge is 0.304 e. The molecule has 35 heavy (non-hydrogen) atoms. The van der Waals surface area contributed by atoms with Crippen LogP contribution < -0.4 is 15.6 Å². The molecule has 2 atom stereocenters. The molecule has 0 saturated carbocycles. The van der Waals surface area contributed by atoms with Gasteiger partial charge in [0.1, 0.15) is 5.82 Å². The minimum absolute atomic E-state index is 0.267. The van der Waals surface area contributed by atoms with Crippen molar-refractivity contribution < 1.29 is 18.7 Å². The average molecular weight is 494 g/mol. The van der Waals surface area contributed by atoms with E-state index < -0.39 is 23.8 Å². The number of hydrazine groups is 1. The number of carbonyl (C=O) groups excluding carboxylic acids is 2. The fourth-order valence-corrected chi connectivity index (χ4v) is 4.31. The topological polar surface area (TPSA) is 64.5 Å². The third kappa shape index (κ3) is 5.52. The number of rotatable bonds is 7. The van der Waals surface area contributed by atoms with Crippen LogP contribution in [-0.2, 0) is 4.79 Å². The van der Waals surface area contributed by atoms with Gasteiger partial charge in [-0.3, -0.25) is 9.59 Å². The van der Waals surface area contributed by atoms with Crippen LogP contribution in [0, 0.1) is 5.82 Å². The van der Waals surface area contributed by atoms with Crippen molar-refractivity contribution in [2.24, 2.45) is 0 Å². The lowest BCUT2D eigenvalue weighted by Gasteiger charge is -2.20. The van der Waals surface area contributed by atoms with Crippen LogP contribution in [-0.4, -0.2) is 41.8 Å². The summed E-state index contributed by atoms with van der Waals surface area (Å²) in [7, 11) is 0. The van der Waals surface area contributed by atoms with Crippen LogP contribution in [0.5, 0.6) is 0 Å². The van der Waals surface area contributed by atoms with E-state index >= 15 is 0 Å². The first-order chi connectivity index (χ1) is 16.9. The van der Waals surface area contributed by atoms with Crippen LogP contribution in [0.25, 0.3) is 0 Å². The van der Waals surface area contributed by atoms with E-state index in [9.17, 15) is 14.0 Å². The summed E-state index contributed by atoms with van der Waals surface area (Å²) in [5, 5.41) is 3.38. The molecular weight excluding hydrogens is 467 g/mol. The third-order valence-electron chi connectivity index (χ3n) is 6.05. The summed E-state index contributed by atoms with van der Waals surface area (Å²) in [6.45, 7) is 6.05. The molecule has 6 nitrogen and oxygen atoms in total. The molecule has 0 spiro atoms. The van der Waals surface area contributed by atoms with Gasteiger partial charge in [0.25, 0.3) is 5.91 Å². The summed E-state index contributed by atoms with van der Waals surface area (Å²) < 4.78 is 15.0. The molecule has 0 unspecified atom stereocenters. The first-order valence-corrected chi connectivity index (χ1v) is 11.9. The van der Waals surface area contributed by atoms with Crippen LogP contribution in [0.2, 0.25) is 5.02 Å². The summed E-state index contributed by atoms with van der Waals surface area (Å²) in [6.07, 6.45) is 1.84. The molecule has 2 N–H and O–H groups in total. The average Bonchev–Trinajstić information content (AvgIpc) is 3.16. The molecule has 1 aliphatic rings. The Kier molecular flexibility index (Phi) is 7.46. The molecule has 180 valence electrons. The highest BCUT2D eigenvalue weighted by Crippen LogP contribution is 2.27. The van der Waals surface area contributed by atoms with Crippen molar-refractivity contribution in [3.05, 3.63) is 100 Å². The van der Waals surface area contributed by atoms with Crippen LogP contribution in [0.1, 0.15) is 41.4 Å². The Morgan fingerprint density at radius 3 is 2.26 bits per heavy atom. The second-order valence-electron chi connectivity index (χ2n) is 8.23. The van der Waals surface area contributed by atoms with Gasteiger partial charge in [-0.2, -0.15) is 0 Å². The molecule has 0 radical (unpaired) electrons. The number of amides is 2. The van der Waals surface area contributed by atoms with Gasteiger partial charge in [0.15, 0.2) is 6.04 Å². The summed E-state index contributed by atoms with van der Waals surface area (Å²) in [5.41, 5.74) is 5.94. The molecule has 1 saturated heterocycles. The molecule has 4 rings (SSSR count). The molecule has 3 aromatic carbocycles. The van der Waals surface area contributed by atoms with E-state index in [1.54, 1.807) is 16.8 Å². The Labute approximate surface area is 209 Å². The zero-order chi connectivity index (χ0) is 24.9. The SMILES string of the molecule is CCN(CC)c1ccc(/C=[N+]2\NC(=O)[C@@H](NC(=O)c3ccc(F)cc3)[C@H]2c2ccc(Cl)cc2)cc1. The molecule has 1 heterocycles. The lowest BCUT2D eigenvalue weighted by molar-refractivity contribution is -0.596. The predicted octanol–water partition coefficient (Wildman–Crippen LogP) is 4.34. The maximum Gasteiger partial charge on any atom is 0.304 e. The quantitative estimate of drug-likeness (QED) is 0.481.